The first kappa shape index (κ1) is 20.2. The van der Waals surface area contributed by atoms with Crippen molar-refractivity contribution >= 4 is 5.96 Å². The van der Waals surface area contributed by atoms with Crippen molar-refractivity contribution in [3.05, 3.63) is 0 Å². The smallest absolute Gasteiger partial charge is 0.193 e. The summed E-state index contributed by atoms with van der Waals surface area (Å²) in [5.74, 6) is 1.67. The van der Waals surface area contributed by atoms with E-state index in [-0.39, 0.29) is 0 Å². The summed E-state index contributed by atoms with van der Waals surface area (Å²) in [6, 6.07) is 0. The van der Waals surface area contributed by atoms with Crippen LogP contribution in [-0.4, -0.2) is 86.6 Å². The van der Waals surface area contributed by atoms with Gasteiger partial charge in [0.2, 0.25) is 0 Å². The standard InChI is InChI=1S/C18H39N5/c1-6-9-10-21(5)18(19-7-2)20-15-17(4)16-23-13-11-22(8-3)12-14-23/h17H,6-16H2,1-5H3,(H,19,20). The van der Waals surface area contributed by atoms with Crippen molar-refractivity contribution in [2.75, 3.05) is 66.0 Å². The second-order valence-electron chi connectivity index (χ2n) is 6.81. The van der Waals surface area contributed by atoms with Crippen LogP contribution in [0.15, 0.2) is 4.99 Å². The molecule has 1 aliphatic rings. The normalized spacial score (nSPS) is 18.9. The lowest BCUT2D eigenvalue weighted by molar-refractivity contribution is 0.125. The fraction of sp³-hybridized carbons (Fsp3) is 0.944. The van der Waals surface area contributed by atoms with Crippen molar-refractivity contribution in [1.82, 2.24) is 20.0 Å². The average Bonchev–Trinajstić information content (AvgIpc) is 2.57. The molecule has 0 saturated carbocycles. The van der Waals surface area contributed by atoms with Gasteiger partial charge < -0.3 is 20.0 Å². The minimum Gasteiger partial charge on any atom is -0.357 e. The van der Waals surface area contributed by atoms with Gasteiger partial charge in [-0.2, -0.15) is 0 Å². The van der Waals surface area contributed by atoms with Gasteiger partial charge in [0.25, 0.3) is 0 Å². The van der Waals surface area contributed by atoms with Crippen LogP contribution >= 0.6 is 0 Å². The van der Waals surface area contributed by atoms with E-state index in [9.17, 15) is 0 Å². The molecule has 1 N–H and O–H groups in total. The molecule has 0 radical (unpaired) electrons. The first-order valence-electron chi connectivity index (χ1n) is 9.54. The molecule has 0 aromatic heterocycles. The third-order valence-electron chi connectivity index (χ3n) is 4.58. The predicted octanol–water partition coefficient (Wildman–Crippen LogP) is 1.96. The van der Waals surface area contributed by atoms with E-state index in [1.165, 1.54) is 52.1 Å². The van der Waals surface area contributed by atoms with Gasteiger partial charge in [0.05, 0.1) is 0 Å². The Kier molecular flexibility index (Phi) is 10.3. The average molecular weight is 326 g/mol. The molecular weight excluding hydrogens is 286 g/mol. The van der Waals surface area contributed by atoms with Crippen molar-refractivity contribution in [3.8, 4) is 0 Å². The van der Waals surface area contributed by atoms with Crippen LogP contribution in [0, 0.1) is 5.92 Å². The van der Waals surface area contributed by atoms with Gasteiger partial charge in [-0.3, -0.25) is 4.99 Å². The first-order valence-corrected chi connectivity index (χ1v) is 9.54. The fourth-order valence-corrected chi connectivity index (χ4v) is 3.00. The SMILES string of the molecule is CCCCN(C)C(=NCC(C)CN1CCN(CC)CC1)NCC. The van der Waals surface area contributed by atoms with E-state index in [0.29, 0.717) is 5.92 Å². The first-order chi connectivity index (χ1) is 11.1. The Bertz CT molecular complexity index is 323. The number of nitrogens with zero attached hydrogens (tertiary/aromatic N) is 4. The predicted molar refractivity (Wildman–Crippen MR) is 101 cm³/mol. The van der Waals surface area contributed by atoms with Crippen molar-refractivity contribution < 1.29 is 0 Å². The molecule has 0 bridgehead atoms. The molecular formula is C18H39N5. The number of rotatable bonds is 9. The molecule has 1 heterocycles. The molecule has 0 spiro atoms. The van der Waals surface area contributed by atoms with Gasteiger partial charge in [-0.05, 0) is 25.8 Å². The van der Waals surface area contributed by atoms with Crippen LogP contribution in [0.5, 0.6) is 0 Å². The minimum absolute atomic E-state index is 0.608. The molecule has 0 aliphatic carbocycles. The summed E-state index contributed by atoms with van der Waals surface area (Å²) in [5, 5.41) is 3.42. The molecule has 136 valence electrons. The van der Waals surface area contributed by atoms with Crippen molar-refractivity contribution in [3.63, 3.8) is 0 Å². The summed E-state index contributed by atoms with van der Waals surface area (Å²) in [5.41, 5.74) is 0. The Labute approximate surface area is 144 Å². The molecule has 1 rings (SSSR count). The molecule has 1 atom stereocenters. The summed E-state index contributed by atoms with van der Waals surface area (Å²) in [4.78, 5) is 12.3. The molecule has 1 fully saturated rings. The van der Waals surface area contributed by atoms with Crippen molar-refractivity contribution in [2.24, 2.45) is 10.9 Å². The maximum absolute atomic E-state index is 4.86. The van der Waals surface area contributed by atoms with Crippen LogP contribution < -0.4 is 5.32 Å². The highest BCUT2D eigenvalue weighted by Gasteiger charge is 2.17. The van der Waals surface area contributed by atoms with Crippen LogP contribution in [0.4, 0.5) is 0 Å². The van der Waals surface area contributed by atoms with Crippen LogP contribution in [0.25, 0.3) is 0 Å². The third-order valence-corrected chi connectivity index (χ3v) is 4.58. The number of guanidine groups is 1. The largest absolute Gasteiger partial charge is 0.357 e. The monoisotopic (exact) mass is 325 g/mol. The zero-order valence-electron chi connectivity index (χ0n) is 16.1. The van der Waals surface area contributed by atoms with Crippen molar-refractivity contribution in [1.29, 1.82) is 0 Å². The number of unbranched alkanes of at least 4 members (excludes halogenated alkanes) is 1. The summed E-state index contributed by atoms with van der Waals surface area (Å²) in [6.07, 6.45) is 2.45. The summed E-state index contributed by atoms with van der Waals surface area (Å²) >= 11 is 0. The number of nitrogens with one attached hydrogen (secondary N) is 1. The van der Waals surface area contributed by atoms with E-state index in [4.69, 9.17) is 4.99 Å². The highest BCUT2D eigenvalue weighted by molar-refractivity contribution is 5.79. The van der Waals surface area contributed by atoms with Crippen LogP contribution in [0.2, 0.25) is 0 Å². The van der Waals surface area contributed by atoms with Gasteiger partial charge in [-0.25, -0.2) is 0 Å². The minimum atomic E-state index is 0.608. The molecule has 1 aliphatic heterocycles. The Hall–Kier alpha value is -0.810. The van der Waals surface area contributed by atoms with E-state index >= 15 is 0 Å². The molecule has 0 aromatic carbocycles. The lowest BCUT2D eigenvalue weighted by atomic mass is 10.1. The Morgan fingerprint density at radius 2 is 1.78 bits per heavy atom. The van der Waals surface area contributed by atoms with Gasteiger partial charge in [-0.15, -0.1) is 0 Å². The van der Waals surface area contributed by atoms with Crippen molar-refractivity contribution in [2.45, 2.75) is 40.5 Å². The summed E-state index contributed by atoms with van der Waals surface area (Å²) < 4.78 is 0. The number of aliphatic imine (C=N–C) groups is 1. The number of piperazine rings is 1. The Balaban J connectivity index is 2.39. The molecule has 0 amide bonds. The number of hydrogen-bond donors (Lipinski definition) is 1. The Morgan fingerprint density at radius 1 is 1.13 bits per heavy atom. The van der Waals surface area contributed by atoms with Crippen LogP contribution in [-0.2, 0) is 0 Å². The lowest BCUT2D eigenvalue weighted by Gasteiger charge is -2.35. The number of hydrogen-bond acceptors (Lipinski definition) is 3. The molecule has 5 heteroatoms. The van der Waals surface area contributed by atoms with E-state index in [2.05, 4.69) is 54.8 Å². The number of likely N-dealkylation sites (N-methyl/N-ethyl adjacent to an activating group) is 1. The van der Waals surface area contributed by atoms with E-state index in [1.54, 1.807) is 0 Å². The fourth-order valence-electron chi connectivity index (χ4n) is 3.00. The van der Waals surface area contributed by atoms with Crippen LogP contribution in [0.1, 0.15) is 40.5 Å². The summed E-state index contributed by atoms with van der Waals surface area (Å²) in [7, 11) is 2.14. The molecule has 23 heavy (non-hydrogen) atoms. The molecule has 1 unspecified atom stereocenters. The topological polar surface area (TPSA) is 34.1 Å². The van der Waals surface area contributed by atoms with E-state index in [0.717, 1.165) is 25.6 Å². The molecule has 1 saturated heterocycles. The van der Waals surface area contributed by atoms with Gasteiger partial charge in [0.15, 0.2) is 5.96 Å². The van der Waals surface area contributed by atoms with Gasteiger partial charge >= 0.3 is 0 Å². The zero-order chi connectivity index (χ0) is 17.1. The molecule has 0 aromatic rings. The lowest BCUT2D eigenvalue weighted by Crippen LogP contribution is -2.47. The maximum atomic E-state index is 4.86. The quantitative estimate of drug-likeness (QED) is 0.519. The van der Waals surface area contributed by atoms with Gasteiger partial charge in [0, 0.05) is 59.4 Å². The second kappa shape index (κ2) is 11.7. The van der Waals surface area contributed by atoms with E-state index in [1.807, 2.05) is 0 Å². The third kappa shape index (κ3) is 8.02. The van der Waals surface area contributed by atoms with Gasteiger partial charge in [0.1, 0.15) is 0 Å². The highest BCUT2D eigenvalue weighted by atomic mass is 15.3. The zero-order valence-corrected chi connectivity index (χ0v) is 16.1. The van der Waals surface area contributed by atoms with Crippen LogP contribution in [0.3, 0.4) is 0 Å². The second-order valence-corrected chi connectivity index (χ2v) is 6.81. The van der Waals surface area contributed by atoms with E-state index < -0.39 is 0 Å². The maximum Gasteiger partial charge on any atom is 0.193 e. The summed E-state index contributed by atoms with van der Waals surface area (Å²) in [6.45, 7) is 19.1. The highest BCUT2D eigenvalue weighted by Crippen LogP contribution is 2.06. The molecule has 5 nitrogen and oxygen atoms in total. The Morgan fingerprint density at radius 3 is 2.35 bits per heavy atom. The van der Waals surface area contributed by atoms with Gasteiger partial charge in [-0.1, -0.05) is 27.2 Å².